The Morgan fingerprint density at radius 1 is 1.41 bits per heavy atom. The fraction of sp³-hybridized carbons (Fsp3) is 0.533. The molecule has 0 aliphatic heterocycles. The molecule has 2 nitrogen and oxygen atoms in total. The third-order valence-corrected chi connectivity index (χ3v) is 3.36. The molecule has 0 bridgehead atoms. The highest BCUT2D eigenvalue weighted by Crippen LogP contribution is 2.33. The van der Waals surface area contributed by atoms with Crippen molar-refractivity contribution in [1.29, 1.82) is 5.26 Å². The monoisotopic (exact) mass is 228 g/mol. The maximum atomic E-state index is 9.21. The number of rotatable bonds is 4. The van der Waals surface area contributed by atoms with Gasteiger partial charge in [-0.1, -0.05) is 6.07 Å². The molecule has 90 valence electrons. The van der Waals surface area contributed by atoms with E-state index in [-0.39, 0.29) is 0 Å². The van der Waals surface area contributed by atoms with Crippen molar-refractivity contribution < 1.29 is 0 Å². The van der Waals surface area contributed by atoms with Crippen LogP contribution in [0.15, 0.2) is 18.2 Å². The van der Waals surface area contributed by atoms with Gasteiger partial charge in [-0.3, -0.25) is 0 Å². The van der Waals surface area contributed by atoms with E-state index in [0.29, 0.717) is 6.04 Å². The molecule has 17 heavy (non-hydrogen) atoms. The summed E-state index contributed by atoms with van der Waals surface area (Å²) in [6.45, 7) is 7.58. The summed E-state index contributed by atoms with van der Waals surface area (Å²) in [7, 11) is 0. The van der Waals surface area contributed by atoms with E-state index in [1.54, 1.807) is 0 Å². The van der Waals surface area contributed by atoms with Crippen LogP contribution in [0.25, 0.3) is 0 Å². The molecule has 0 atom stereocenters. The Bertz CT molecular complexity index is 439. The Balaban J connectivity index is 2.33. The van der Waals surface area contributed by atoms with Gasteiger partial charge in [0.05, 0.1) is 11.3 Å². The maximum Gasteiger partial charge on any atom is 0.101 e. The van der Waals surface area contributed by atoms with Gasteiger partial charge in [-0.15, -0.1) is 0 Å². The molecule has 0 spiro atoms. The summed E-state index contributed by atoms with van der Waals surface area (Å²) in [5, 5.41) is 9.21. The number of aryl methyl sites for hydroxylation is 1. The van der Waals surface area contributed by atoms with Gasteiger partial charge in [0.15, 0.2) is 0 Å². The summed E-state index contributed by atoms with van der Waals surface area (Å²) in [5.41, 5.74) is 3.12. The molecular formula is C15H20N2. The van der Waals surface area contributed by atoms with Crippen LogP contribution >= 0.6 is 0 Å². The lowest BCUT2D eigenvalue weighted by Gasteiger charge is -2.30. The number of benzene rings is 1. The van der Waals surface area contributed by atoms with Crippen molar-refractivity contribution in [2.75, 3.05) is 11.4 Å². The van der Waals surface area contributed by atoms with E-state index in [9.17, 15) is 5.26 Å². The Morgan fingerprint density at radius 3 is 2.65 bits per heavy atom. The second kappa shape index (κ2) is 4.79. The van der Waals surface area contributed by atoms with Crippen molar-refractivity contribution in [3.63, 3.8) is 0 Å². The summed E-state index contributed by atoms with van der Waals surface area (Å²) in [6.07, 6.45) is 2.69. The highest BCUT2D eigenvalue weighted by atomic mass is 15.2. The standard InChI is InChI=1S/C15H20N2/c1-11(2)17(10-13-5-6-13)15-8-12(3)4-7-14(15)9-16/h4,7-8,11,13H,5-6,10H2,1-3H3. The fourth-order valence-electron chi connectivity index (χ4n) is 2.14. The van der Waals surface area contributed by atoms with Crippen LogP contribution in [0.3, 0.4) is 0 Å². The van der Waals surface area contributed by atoms with Crippen molar-refractivity contribution in [3.05, 3.63) is 29.3 Å². The van der Waals surface area contributed by atoms with Gasteiger partial charge in [0.25, 0.3) is 0 Å². The first-order valence-corrected chi connectivity index (χ1v) is 6.39. The zero-order valence-corrected chi connectivity index (χ0v) is 10.9. The highest BCUT2D eigenvalue weighted by molar-refractivity contribution is 5.61. The number of hydrogen-bond donors (Lipinski definition) is 0. The fourth-order valence-corrected chi connectivity index (χ4v) is 2.14. The van der Waals surface area contributed by atoms with Gasteiger partial charge in [-0.2, -0.15) is 5.26 Å². The normalized spacial score (nSPS) is 14.8. The predicted octanol–water partition coefficient (Wildman–Crippen LogP) is 3.49. The van der Waals surface area contributed by atoms with Crippen molar-refractivity contribution in [2.24, 2.45) is 5.92 Å². The maximum absolute atomic E-state index is 9.21. The van der Waals surface area contributed by atoms with E-state index < -0.39 is 0 Å². The minimum absolute atomic E-state index is 0.449. The molecule has 0 unspecified atom stereocenters. The van der Waals surface area contributed by atoms with Crippen LogP contribution < -0.4 is 4.90 Å². The first-order valence-electron chi connectivity index (χ1n) is 6.39. The van der Waals surface area contributed by atoms with Crippen LogP contribution in [-0.2, 0) is 0 Å². The van der Waals surface area contributed by atoms with Gasteiger partial charge < -0.3 is 4.90 Å². The first-order chi connectivity index (χ1) is 8.11. The van der Waals surface area contributed by atoms with Crippen LogP contribution in [-0.4, -0.2) is 12.6 Å². The second-order valence-corrected chi connectivity index (χ2v) is 5.32. The van der Waals surface area contributed by atoms with Crippen LogP contribution in [0.4, 0.5) is 5.69 Å². The van der Waals surface area contributed by atoms with Crippen molar-refractivity contribution in [2.45, 2.75) is 39.7 Å². The topological polar surface area (TPSA) is 27.0 Å². The van der Waals surface area contributed by atoms with E-state index in [1.807, 2.05) is 12.1 Å². The zero-order valence-electron chi connectivity index (χ0n) is 10.9. The lowest BCUT2D eigenvalue weighted by molar-refractivity contribution is 0.644. The Kier molecular flexibility index (Phi) is 3.38. The largest absolute Gasteiger partial charge is 0.368 e. The minimum Gasteiger partial charge on any atom is -0.368 e. The van der Waals surface area contributed by atoms with Crippen LogP contribution in [0.5, 0.6) is 0 Å². The molecule has 1 aliphatic rings. The van der Waals surface area contributed by atoms with E-state index in [4.69, 9.17) is 0 Å². The molecule has 0 heterocycles. The highest BCUT2D eigenvalue weighted by Gasteiger charge is 2.26. The molecule has 0 radical (unpaired) electrons. The van der Waals surface area contributed by atoms with Gasteiger partial charge in [0.2, 0.25) is 0 Å². The summed E-state index contributed by atoms with van der Waals surface area (Å²) >= 11 is 0. The van der Waals surface area contributed by atoms with Crippen molar-refractivity contribution in [1.82, 2.24) is 0 Å². The summed E-state index contributed by atoms with van der Waals surface area (Å²) in [6, 6.07) is 8.85. The zero-order chi connectivity index (χ0) is 12.4. The number of nitriles is 1. The van der Waals surface area contributed by atoms with E-state index in [0.717, 1.165) is 23.7 Å². The molecule has 0 saturated heterocycles. The molecule has 1 aromatic carbocycles. The lowest BCUT2D eigenvalue weighted by atomic mass is 10.1. The van der Waals surface area contributed by atoms with Gasteiger partial charge in [-0.05, 0) is 57.2 Å². The second-order valence-electron chi connectivity index (χ2n) is 5.32. The molecule has 1 saturated carbocycles. The molecule has 0 N–H and O–H groups in total. The molecule has 0 aromatic heterocycles. The quantitative estimate of drug-likeness (QED) is 0.788. The molecule has 0 amide bonds. The molecule has 2 heteroatoms. The third kappa shape index (κ3) is 2.79. The number of nitrogens with zero attached hydrogens (tertiary/aromatic N) is 2. The molecule has 2 rings (SSSR count). The third-order valence-electron chi connectivity index (χ3n) is 3.36. The van der Waals surface area contributed by atoms with E-state index in [2.05, 4.69) is 37.8 Å². The van der Waals surface area contributed by atoms with Crippen LogP contribution in [0.1, 0.15) is 37.8 Å². The first kappa shape index (κ1) is 12.0. The summed E-state index contributed by atoms with van der Waals surface area (Å²) in [5.74, 6) is 0.837. The van der Waals surface area contributed by atoms with Crippen molar-refractivity contribution >= 4 is 5.69 Å². The molecule has 1 aliphatic carbocycles. The number of hydrogen-bond acceptors (Lipinski definition) is 2. The predicted molar refractivity (Wildman–Crippen MR) is 71.1 cm³/mol. The van der Waals surface area contributed by atoms with Gasteiger partial charge in [0.1, 0.15) is 6.07 Å². The average Bonchev–Trinajstić information content (AvgIpc) is 3.09. The van der Waals surface area contributed by atoms with E-state index in [1.165, 1.54) is 18.4 Å². The summed E-state index contributed by atoms with van der Waals surface area (Å²) in [4.78, 5) is 2.38. The minimum atomic E-state index is 0.449. The van der Waals surface area contributed by atoms with Gasteiger partial charge in [-0.25, -0.2) is 0 Å². The van der Waals surface area contributed by atoms with Crippen molar-refractivity contribution in [3.8, 4) is 6.07 Å². The lowest BCUT2D eigenvalue weighted by Crippen LogP contribution is -2.33. The SMILES string of the molecule is Cc1ccc(C#N)c(N(CC2CC2)C(C)C)c1. The number of anilines is 1. The smallest absolute Gasteiger partial charge is 0.101 e. The summed E-state index contributed by atoms with van der Waals surface area (Å²) < 4.78 is 0. The molecular weight excluding hydrogens is 208 g/mol. The molecule has 1 aromatic rings. The Hall–Kier alpha value is -1.49. The van der Waals surface area contributed by atoms with Crippen LogP contribution in [0, 0.1) is 24.2 Å². The average molecular weight is 228 g/mol. The Labute approximate surface area is 104 Å². The van der Waals surface area contributed by atoms with E-state index >= 15 is 0 Å². The van der Waals surface area contributed by atoms with Gasteiger partial charge in [0, 0.05) is 12.6 Å². The Morgan fingerprint density at radius 2 is 2.12 bits per heavy atom. The van der Waals surface area contributed by atoms with Gasteiger partial charge >= 0.3 is 0 Å². The molecule has 1 fully saturated rings. The van der Waals surface area contributed by atoms with Crippen LogP contribution in [0.2, 0.25) is 0 Å².